The highest BCUT2D eigenvalue weighted by molar-refractivity contribution is 5.74. The summed E-state index contributed by atoms with van der Waals surface area (Å²) in [6.45, 7) is 4.53. The number of amides is 2. The molecule has 0 spiro atoms. The van der Waals surface area contributed by atoms with Gasteiger partial charge in [-0.05, 0) is 12.0 Å². The van der Waals surface area contributed by atoms with Gasteiger partial charge in [0.25, 0.3) is 0 Å². The van der Waals surface area contributed by atoms with Crippen molar-refractivity contribution in [2.75, 3.05) is 19.7 Å². The maximum atomic E-state index is 12.8. The van der Waals surface area contributed by atoms with Crippen molar-refractivity contribution in [1.82, 2.24) is 25.0 Å². The average molecular weight is 343 g/mol. The van der Waals surface area contributed by atoms with Gasteiger partial charge < -0.3 is 15.0 Å². The Hall–Kier alpha value is -2.41. The SMILES string of the molecule is CCCC1CN(C(=O)NC(Cn2cncn2)c2ccccc2)CCO1. The quantitative estimate of drug-likeness (QED) is 0.873. The number of nitrogens with zero attached hydrogens (tertiary/aromatic N) is 4. The molecule has 3 rings (SSSR count). The molecule has 0 aliphatic carbocycles. The molecular weight excluding hydrogens is 318 g/mol. The fraction of sp³-hybridized carbons (Fsp3) is 0.500. The summed E-state index contributed by atoms with van der Waals surface area (Å²) in [5.74, 6) is 0. The van der Waals surface area contributed by atoms with Gasteiger partial charge in [0.2, 0.25) is 0 Å². The van der Waals surface area contributed by atoms with Crippen LogP contribution in [-0.2, 0) is 11.3 Å². The maximum absolute atomic E-state index is 12.8. The number of morpholine rings is 1. The topological polar surface area (TPSA) is 72.3 Å². The molecule has 1 saturated heterocycles. The number of ether oxygens (including phenoxy) is 1. The summed E-state index contributed by atoms with van der Waals surface area (Å²) in [4.78, 5) is 18.6. The monoisotopic (exact) mass is 343 g/mol. The summed E-state index contributed by atoms with van der Waals surface area (Å²) in [6.07, 6.45) is 5.33. The van der Waals surface area contributed by atoms with Crippen molar-refractivity contribution in [3.63, 3.8) is 0 Å². The highest BCUT2D eigenvalue weighted by Crippen LogP contribution is 2.16. The molecule has 0 radical (unpaired) electrons. The smallest absolute Gasteiger partial charge is 0.318 e. The van der Waals surface area contributed by atoms with E-state index in [0.717, 1.165) is 18.4 Å². The highest BCUT2D eigenvalue weighted by atomic mass is 16.5. The number of hydrogen-bond donors (Lipinski definition) is 1. The highest BCUT2D eigenvalue weighted by Gasteiger charge is 2.25. The predicted octanol–water partition coefficient (Wildman–Crippen LogP) is 2.23. The van der Waals surface area contributed by atoms with Crippen molar-refractivity contribution in [2.24, 2.45) is 0 Å². The lowest BCUT2D eigenvalue weighted by atomic mass is 10.1. The Morgan fingerprint density at radius 2 is 2.24 bits per heavy atom. The van der Waals surface area contributed by atoms with Gasteiger partial charge in [0.1, 0.15) is 12.7 Å². The van der Waals surface area contributed by atoms with Gasteiger partial charge in [0.05, 0.1) is 25.3 Å². The molecule has 0 bridgehead atoms. The molecule has 2 unspecified atom stereocenters. The largest absolute Gasteiger partial charge is 0.375 e. The van der Waals surface area contributed by atoms with Crippen molar-refractivity contribution in [2.45, 2.75) is 38.5 Å². The van der Waals surface area contributed by atoms with E-state index >= 15 is 0 Å². The summed E-state index contributed by atoms with van der Waals surface area (Å²) >= 11 is 0. The Morgan fingerprint density at radius 1 is 1.40 bits per heavy atom. The van der Waals surface area contributed by atoms with E-state index < -0.39 is 0 Å². The summed E-state index contributed by atoms with van der Waals surface area (Å²) < 4.78 is 7.46. The van der Waals surface area contributed by atoms with E-state index in [2.05, 4.69) is 22.3 Å². The summed E-state index contributed by atoms with van der Waals surface area (Å²) in [6, 6.07) is 9.72. The van der Waals surface area contributed by atoms with Gasteiger partial charge in [-0.3, -0.25) is 4.68 Å². The third kappa shape index (κ3) is 4.79. The van der Waals surface area contributed by atoms with E-state index in [1.165, 1.54) is 6.33 Å². The summed E-state index contributed by atoms with van der Waals surface area (Å²) in [5, 5.41) is 7.31. The van der Waals surface area contributed by atoms with E-state index in [1.54, 1.807) is 11.0 Å². The number of aromatic nitrogens is 3. The van der Waals surface area contributed by atoms with Crippen LogP contribution in [0, 0.1) is 0 Å². The zero-order valence-electron chi connectivity index (χ0n) is 14.5. The first-order chi connectivity index (χ1) is 12.3. The number of carbonyl (C=O) groups is 1. The number of carbonyl (C=O) groups excluding carboxylic acids is 1. The minimum absolute atomic E-state index is 0.0571. The molecule has 0 saturated carbocycles. The molecule has 2 aromatic rings. The molecule has 134 valence electrons. The zero-order chi connectivity index (χ0) is 17.5. The van der Waals surface area contributed by atoms with E-state index in [1.807, 2.05) is 35.2 Å². The molecule has 1 aromatic heterocycles. The molecule has 2 heterocycles. The number of nitrogens with one attached hydrogen (secondary N) is 1. The molecule has 2 atom stereocenters. The lowest BCUT2D eigenvalue weighted by Crippen LogP contribution is -2.50. The van der Waals surface area contributed by atoms with Gasteiger partial charge in [0.15, 0.2) is 0 Å². The second-order valence-electron chi connectivity index (χ2n) is 6.26. The molecule has 1 aromatic carbocycles. The minimum atomic E-state index is -0.164. The van der Waals surface area contributed by atoms with Crippen molar-refractivity contribution in [3.8, 4) is 0 Å². The zero-order valence-corrected chi connectivity index (χ0v) is 14.5. The normalized spacial score (nSPS) is 18.8. The van der Waals surface area contributed by atoms with Gasteiger partial charge in [-0.2, -0.15) is 5.10 Å². The second-order valence-corrected chi connectivity index (χ2v) is 6.26. The Morgan fingerprint density at radius 3 is 2.96 bits per heavy atom. The van der Waals surface area contributed by atoms with Gasteiger partial charge >= 0.3 is 6.03 Å². The third-order valence-corrected chi connectivity index (χ3v) is 4.37. The van der Waals surface area contributed by atoms with Crippen LogP contribution in [0.5, 0.6) is 0 Å². The maximum Gasteiger partial charge on any atom is 0.318 e. The van der Waals surface area contributed by atoms with Crippen LogP contribution in [0.1, 0.15) is 31.4 Å². The minimum Gasteiger partial charge on any atom is -0.375 e. The predicted molar refractivity (Wildman–Crippen MR) is 94.0 cm³/mol. The molecule has 25 heavy (non-hydrogen) atoms. The lowest BCUT2D eigenvalue weighted by molar-refractivity contribution is -0.0185. The fourth-order valence-electron chi connectivity index (χ4n) is 3.07. The molecule has 1 aliphatic heterocycles. The van der Waals surface area contributed by atoms with E-state index in [4.69, 9.17) is 4.74 Å². The average Bonchev–Trinajstić information content (AvgIpc) is 3.15. The third-order valence-electron chi connectivity index (χ3n) is 4.37. The van der Waals surface area contributed by atoms with Gasteiger partial charge in [-0.25, -0.2) is 9.78 Å². The Kier molecular flexibility index (Phi) is 6.00. The number of rotatable bonds is 6. The molecule has 1 N–H and O–H groups in total. The Balaban J connectivity index is 1.67. The standard InChI is InChI=1S/C18H25N5O2/c1-2-6-16-11-22(9-10-25-16)18(24)21-17(12-23-14-19-13-20-23)15-7-4-3-5-8-15/h3-5,7-8,13-14,16-17H,2,6,9-12H2,1H3,(H,21,24). The first-order valence-corrected chi connectivity index (χ1v) is 8.80. The fourth-order valence-corrected chi connectivity index (χ4v) is 3.07. The second kappa shape index (κ2) is 8.62. The molecule has 1 aliphatic rings. The van der Waals surface area contributed by atoms with Crippen LogP contribution in [0.3, 0.4) is 0 Å². The van der Waals surface area contributed by atoms with Crippen LogP contribution in [0.2, 0.25) is 0 Å². The lowest BCUT2D eigenvalue weighted by Gasteiger charge is -2.34. The molecule has 7 nitrogen and oxygen atoms in total. The first-order valence-electron chi connectivity index (χ1n) is 8.80. The summed E-state index contributed by atoms with van der Waals surface area (Å²) in [7, 11) is 0. The number of urea groups is 1. The van der Waals surface area contributed by atoms with Crippen LogP contribution in [0.25, 0.3) is 0 Å². The number of hydrogen-bond acceptors (Lipinski definition) is 4. The summed E-state index contributed by atoms with van der Waals surface area (Å²) in [5.41, 5.74) is 1.05. The van der Waals surface area contributed by atoms with E-state index in [-0.39, 0.29) is 18.2 Å². The van der Waals surface area contributed by atoms with Crippen molar-refractivity contribution in [3.05, 3.63) is 48.5 Å². The van der Waals surface area contributed by atoms with Crippen molar-refractivity contribution >= 4 is 6.03 Å². The van der Waals surface area contributed by atoms with Crippen LogP contribution in [0.15, 0.2) is 43.0 Å². The van der Waals surface area contributed by atoms with E-state index in [0.29, 0.717) is 26.2 Å². The Labute approximate surface area is 148 Å². The van der Waals surface area contributed by atoms with Gasteiger partial charge in [-0.1, -0.05) is 43.7 Å². The van der Waals surface area contributed by atoms with Crippen LogP contribution >= 0.6 is 0 Å². The van der Waals surface area contributed by atoms with Crippen LogP contribution in [0.4, 0.5) is 4.79 Å². The van der Waals surface area contributed by atoms with Crippen molar-refractivity contribution < 1.29 is 9.53 Å². The molecule has 1 fully saturated rings. The van der Waals surface area contributed by atoms with Crippen LogP contribution < -0.4 is 5.32 Å². The molecular formula is C18H25N5O2. The Bertz CT molecular complexity index is 645. The molecule has 7 heteroatoms. The van der Waals surface area contributed by atoms with Crippen molar-refractivity contribution in [1.29, 1.82) is 0 Å². The first kappa shape index (κ1) is 17.4. The molecule has 2 amide bonds. The number of benzene rings is 1. The van der Waals surface area contributed by atoms with Gasteiger partial charge in [0, 0.05) is 13.1 Å². The van der Waals surface area contributed by atoms with Gasteiger partial charge in [-0.15, -0.1) is 0 Å². The van der Waals surface area contributed by atoms with E-state index in [9.17, 15) is 4.79 Å². The van der Waals surface area contributed by atoms with Crippen LogP contribution in [-0.4, -0.2) is 51.5 Å².